The molecule has 25 heavy (non-hydrogen) atoms. The Morgan fingerprint density at radius 1 is 1.44 bits per heavy atom. The van der Waals surface area contributed by atoms with Crippen molar-refractivity contribution in [2.24, 2.45) is 7.05 Å². The van der Waals surface area contributed by atoms with Crippen molar-refractivity contribution in [3.63, 3.8) is 0 Å². The van der Waals surface area contributed by atoms with Crippen molar-refractivity contribution in [3.8, 4) is 0 Å². The normalized spacial score (nSPS) is 18.6. The van der Waals surface area contributed by atoms with Gasteiger partial charge >= 0.3 is 0 Å². The molecule has 1 aliphatic heterocycles. The maximum Gasteiger partial charge on any atom is 0.265 e. The van der Waals surface area contributed by atoms with Crippen molar-refractivity contribution in [2.75, 3.05) is 19.6 Å². The number of carbonyl (C=O) groups is 1. The lowest BCUT2D eigenvalue weighted by Crippen LogP contribution is -2.39. The van der Waals surface area contributed by atoms with E-state index < -0.39 is 0 Å². The van der Waals surface area contributed by atoms with Crippen LogP contribution in [0.15, 0.2) is 15.5 Å². The number of nitrogens with one attached hydrogen (secondary N) is 1. The molecular weight excluding hydrogens is 320 g/mol. The molecule has 3 rings (SSSR count). The molecule has 1 aliphatic rings. The Morgan fingerprint density at radius 2 is 2.24 bits per heavy atom. The Balaban J connectivity index is 1.64. The SMILES string of the molecule is Cc1oc2ncn(C)c(=O)c2c1C(=O)NCCCN1CCCC[C@@H]1C. The van der Waals surface area contributed by atoms with Crippen molar-refractivity contribution in [1.82, 2.24) is 19.8 Å². The summed E-state index contributed by atoms with van der Waals surface area (Å²) in [6, 6.07) is 0.624. The number of fused-ring (bicyclic) bond motifs is 1. The molecular formula is C18H26N4O3. The van der Waals surface area contributed by atoms with Crippen LogP contribution in [0.4, 0.5) is 0 Å². The zero-order valence-electron chi connectivity index (χ0n) is 15.2. The van der Waals surface area contributed by atoms with E-state index in [9.17, 15) is 9.59 Å². The number of hydrogen-bond donors (Lipinski definition) is 1. The molecule has 0 unspecified atom stereocenters. The van der Waals surface area contributed by atoms with Gasteiger partial charge in [0.05, 0.1) is 5.56 Å². The molecule has 0 aliphatic carbocycles. The number of piperidine rings is 1. The van der Waals surface area contributed by atoms with Crippen LogP contribution in [-0.4, -0.2) is 46.0 Å². The second kappa shape index (κ2) is 7.39. The van der Waals surface area contributed by atoms with Crippen molar-refractivity contribution >= 4 is 17.0 Å². The Morgan fingerprint density at radius 3 is 3.00 bits per heavy atom. The van der Waals surface area contributed by atoms with Gasteiger partial charge in [-0.15, -0.1) is 0 Å². The van der Waals surface area contributed by atoms with Crippen molar-refractivity contribution < 1.29 is 9.21 Å². The van der Waals surface area contributed by atoms with Crippen molar-refractivity contribution in [1.29, 1.82) is 0 Å². The maximum absolute atomic E-state index is 12.6. The molecule has 2 aromatic heterocycles. The molecule has 1 atom stereocenters. The zero-order valence-corrected chi connectivity index (χ0v) is 15.2. The van der Waals surface area contributed by atoms with E-state index >= 15 is 0 Å². The van der Waals surface area contributed by atoms with E-state index in [0.29, 0.717) is 23.9 Å². The third-order valence-corrected chi connectivity index (χ3v) is 5.02. The molecule has 0 spiro atoms. The van der Waals surface area contributed by atoms with Crippen LogP contribution in [-0.2, 0) is 7.05 Å². The van der Waals surface area contributed by atoms with E-state index in [-0.39, 0.29) is 22.6 Å². The summed E-state index contributed by atoms with van der Waals surface area (Å²) in [5.74, 6) is 0.154. The lowest BCUT2D eigenvalue weighted by molar-refractivity contribution is 0.0948. The highest BCUT2D eigenvalue weighted by Gasteiger charge is 2.22. The third-order valence-electron chi connectivity index (χ3n) is 5.02. The van der Waals surface area contributed by atoms with E-state index in [4.69, 9.17) is 4.42 Å². The molecule has 1 saturated heterocycles. The summed E-state index contributed by atoms with van der Waals surface area (Å²) in [5, 5.41) is 3.17. The minimum absolute atomic E-state index is 0.216. The highest BCUT2D eigenvalue weighted by Crippen LogP contribution is 2.20. The summed E-state index contributed by atoms with van der Waals surface area (Å²) >= 11 is 0. The lowest BCUT2D eigenvalue weighted by Gasteiger charge is -2.33. The van der Waals surface area contributed by atoms with Crippen LogP contribution >= 0.6 is 0 Å². The minimum atomic E-state index is -0.270. The Hall–Kier alpha value is -2.15. The molecule has 1 N–H and O–H groups in total. The number of rotatable bonds is 5. The first-order chi connectivity index (χ1) is 12.0. The van der Waals surface area contributed by atoms with Crippen molar-refractivity contribution in [2.45, 2.75) is 45.6 Å². The van der Waals surface area contributed by atoms with Gasteiger partial charge in [0.2, 0.25) is 5.71 Å². The minimum Gasteiger partial charge on any atom is -0.442 e. The van der Waals surface area contributed by atoms with Gasteiger partial charge in [-0.1, -0.05) is 6.42 Å². The van der Waals surface area contributed by atoms with Gasteiger partial charge in [-0.3, -0.25) is 9.59 Å². The standard InChI is InChI=1S/C18H26N4O3/c1-12-7-4-5-9-22(12)10-6-8-19-16(23)14-13(2)25-17-15(14)18(24)21(3)11-20-17/h11-12H,4-10H2,1-3H3,(H,19,23)/t12-/m0/s1. The summed E-state index contributed by atoms with van der Waals surface area (Å²) in [5.41, 5.74) is 0.247. The molecule has 1 amide bonds. The van der Waals surface area contributed by atoms with Crippen LogP contribution in [0.5, 0.6) is 0 Å². The molecule has 0 saturated carbocycles. The first-order valence-corrected chi connectivity index (χ1v) is 8.96. The van der Waals surface area contributed by atoms with E-state index in [1.807, 2.05) is 0 Å². The number of carbonyl (C=O) groups excluding carboxylic acids is 1. The number of aryl methyl sites for hydroxylation is 2. The zero-order chi connectivity index (χ0) is 18.0. The van der Waals surface area contributed by atoms with Crippen LogP contribution in [0, 0.1) is 6.92 Å². The van der Waals surface area contributed by atoms with Crippen LogP contribution in [0.2, 0.25) is 0 Å². The summed E-state index contributed by atoms with van der Waals surface area (Å²) in [4.78, 5) is 31.4. The topological polar surface area (TPSA) is 80.4 Å². The number of nitrogens with zero attached hydrogens (tertiary/aromatic N) is 3. The average molecular weight is 346 g/mol. The largest absolute Gasteiger partial charge is 0.442 e. The Kier molecular flexibility index (Phi) is 5.22. The van der Waals surface area contributed by atoms with E-state index in [2.05, 4.69) is 22.1 Å². The van der Waals surface area contributed by atoms with Gasteiger partial charge in [-0.25, -0.2) is 4.98 Å². The molecule has 7 nitrogen and oxygen atoms in total. The van der Waals surface area contributed by atoms with Gasteiger partial charge in [0.15, 0.2) is 0 Å². The Labute approximate surface area is 147 Å². The summed E-state index contributed by atoms with van der Waals surface area (Å²) in [7, 11) is 1.61. The van der Waals surface area contributed by atoms with Gasteiger partial charge in [0, 0.05) is 26.2 Å². The number of likely N-dealkylation sites (tertiary alicyclic amines) is 1. The van der Waals surface area contributed by atoms with Crippen molar-refractivity contribution in [3.05, 3.63) is 28.0 Å². The average Bonchev–Trinajstić information content (AvgIpc) is 2.93. The van der Waals surface area contributed by atoms with Crippen LogP contribution in [0.25, 0.3) is 11.1 Å². The summed E-state index contributed by atoms with van der Waals surface area (Å²) in [6.45, 7) is 6.65. The number of hydrogen-bond acceptors (Lipinski definition) is 5. The fourth-order valence-corrected chi connectivity index (χ4v) is 3.52. The number of furan rings is 1. The molecule has 3 heterocycles. The second-order valence-electron chi connectivity index (χ2n) is 6.86. The quantitative estimate of drug-likeness (QED) is 0.836. The lowest BCUT2D eigenvalue weighted by atomic mass is 10.0. The van der Waals surface area contributed by atoms with Crippen LogP contribution in [0.3, 0.4) is 0 Å². The molecule has 2 aromatic rings. The highest BCUT2D eigenvalue weighted by atomic mass is 16.3. The van der Waals surface area contributed by atoms with Gasteiger partial charge in [-0.05, 0) is 39.7 Å². The molecule has 0 bridgehead atoms. The summed E-state index contributed by atoms with van der Waals surface area (Å²) < 4.78 is 6.83. The first kappa shape index (κ1) is 17.7. The van der Waals surface area contributed by atoms with E-state index in [1.54, 1.807) is 14.0 Å². The van der Waals surface area contributed by atoms with E-state index in [0.717, 1.165) is 19.5 Å². The highest BCUT2D eigenvalue weighted by molar-refractivity contribution is 6.06. The van der Waals surface area contributed by atoms with Crippen LogP contribution < -0.4 is 10.9 Å². The molecule has 0 radical (unpaired) electrons. The molecule has 136 valence electrons. The Bertz CT molecular complexity index is 824. The molecule has 7 heteroatoms. The number of amides is 1. The number of aromatic nitrogens is 2. The van der Waals surface area contributed by atoms with Crippen LogP contribution in [0.1, 0.15) is 48.7 Å². The molecule has 1 fully saturated rings. The molecule has 0 aromatic carbocycles. The van der Waals surface area contributed by atoms with Gasteiger partial charge < -0.3 is 19.2 Å². The first-order valence-electron chi connectivity index (χ1n) is 8.96. The smallest absolute Gasteiger partial charge is 0.265 e. The predicted molar refractivity (Wildman–Crippen MR) is 95.8 cm³/mol. The van der Waals surface area contributed by atoms with E-state index in [1.165, 1.54) is 30.2 Å². The predicted octanol–water partition coefficient (Wildman–Crippen LogP) is 1.83. The summed E-state index contributed by atoms with van der Waals surface area (Å²) in [6.07, 6.45) is 6.11. The second-order valence-corrected chi connectivity index (χ2v) is 6.86. The maximum atomic E-state index is 12.6. The fourth-order valence-electron chi connectivity index (χ4n) is 3.52. The third kappa shape index (κ3) is 3.61. The van der Waals surface area contributed by atoms with Gasteiger partial charge in [0.1, 0.15) is 17.5 Å². The van der Waals surface area contributed by atoms with Gasteiger partial charge in [-0.2, -0.15) is 0 Å². The van der Waals surface area contributed by atoms with Gasteiger partial charge in [0.25, 0.3) is 11.5 Å². The monoisotopic (exact) mass is 346 g/mol. The fraction of sp³-hybridized carbons (Fsp3) is 0.611.